The van der Waals surface area contributed by atoms with Gasteiger partial charge >= 0.3 is 0 Å². The molecule has 0 aromatic heterocycles. The Labute approximate surface area is 318 Å². The summed E-state index contributed by atoms with van der Waals surface area (Å²) in [6.45, 7) is 33.2. The fourth-order valence-corrected chi connectivity index (χ4v) is 12.5. The Balaban J connectivity index is 1.46. The standard InChI is InChI=1S/C51H66Si/c1-15-16-23-52(14,42-28-34-19-17-21-44(46(34)32-42)36-24-38(48(2,3)4)30-39(25-36)49(5,6)7)43-29-35-20-18-22-45(47(35)33-43)37-26-40(50(8,9)10)31-41(27-37)51(11,12)13/h17-22,24-27,30-33H,15-16,23,28-29H2,1-14H3. The molecular weight excluding hydrogens is 641 g/mol. The third-order valence-corrected chi connectivity index (χ3v) is 17.0. The highest BCUT2D eigenvalue weighted by atomic mass is 28.3. The van der Waals surface area contributed by atoms with Gasteiger partial charge in [-0.05, 0) is 101 Å². The number of allylic oxidation sites excluding steroid dienone is 2. The van der Waals surface area contributed by atoms with Gasteiger partial charge in [-0.15, -0.1) is 0 Å². The van der Waals surface area contributed by atoms with Crippen molar-refractivity contribution in [2.75, 3.05) is 0 Å². The predicted molar refractivity (Wildman–Crippen MR) is 233 cm³/mol. The fourth-order valence-electron chi connectivity index (χ4n) is 8.30. The van der Waals surface area contributed by atoms with Crippen molar-refractivity contribution < 1.29 is 0 Å². The number of rotatable bonds is 7. The second-order valence-corrected chi connectivity index (χ2v) is 24.9. The highest BCUT2D eigenvalue weighted by molar-refractivity contribution is 6.93. The lowest BCUT2D eigenvalue weighted by atomic mass is 9.78. The second kappa shape index (κ2) is 13.5. The summed E-state index contributed by atoms with van der Waals surface area (Å²) in [5.41, 5.74) is 17.5. The third-order valence-electron chi connectivity index (χ3n) is 12.2. The summed E-state index contributed by atoms with van der Waals surface area (Å²) in [5.74, 6) is 0. The molecule has 6 rings (SSSR count). The molecule has 0 saturated heterocycles. The van der Waals surface area contributed by atoms with E-state index in [1.807, 2.05) is 0 Å². The van der Waals surface area contributed by atoms with Crippen molar-refractivity contribution in [1.29, 1.82) is 0 Å². The van der Waals surface area contributed by atoms with Crippen molar-refractivity contribution in [3.05, 3.63) is 128 Å². The highest BCUT2D eigenvalue weighted by Gasteiger charge is 2.40. The highest BCUT2D eigenvalue weighted by Crippen LogP contribution is 2.47. The summed E-state index contributed by atoms with van der Waals surface area (Å²) in [6.07, 6.45) is 10.0. The largest absolute Gasteiger partial charge is 0.106 e. The van der Waals surface area contributed by atoms with Gasteiger partial charge in [0.05, 0.1) is 0 Å². The molecule has 0 saturated carbocycles. The van der Waals surface area contributed by atoms with Gasteiger partial charge in [0.1, 0.15) is 8.07 Å². The molecule has 0 bridgehead atoms. The van der Waals surface area contributed by atoms with Crippen molar-refractivity contribution in [3.8, 4) is 22.3 Å². The Bertz CT molecular complexity index is 1840. The Hall–Kier alpha value is -3.42. The van der Waals surface area contributed by atoms with Crippen LogP contribution in [0, 0.1) is 0 Å². The lowest BCUT2D eigenvalue weighted by molar-refractivity contribution is 0.568. The molecule has 0 N–H and O–H groups in total. The second-order valence-electron chi connectivity index (χ2n) is 20.5. The van der Waals surface area contributed by atoms with Crippen LogP contribution in [-0.4, -0.2) is 8.07 Å². The van der Waals surface area contributed by atoms with Crippen molar-refractivity contribution in [2.24, 2.45) is 0 Å². The molecule has 0 atom stereocenters. The van der Waals surface area contributed by atoms with Gasteiger partial charge in [0.2, 0.25) is 0 Å². The smallest absolute Gasteiger partial charge is 0.0712 e. The quantitative estimate of drug-likeness (QED) is 0.168. The van der Waals surface area contributed by atoms with Crippen LogP contribution in [0.2, 0.25) is 12.6 Å². The van der Waals surface area contributed by atoms with Crippen molar-refractivity contribution in [2.45, 2.75) is 150 Å². The van der Waals surface area contributed by atoms with Crippen LogP contribution in [0.25, 0.3) is 34.4 Å². The van der Waals surface area contributed by atoms with Gasteiger partial charge in [0, 0.05) is 0 Å². The first-order chi connectivity index (χ1) is 24.1. The molecule has 0 amide bonds. The van der Waals surface area contributed by atoms with Crippen LogP contribution in [-0.2, 0) is 34.5 Å². The molecule has 0 fully saturated rings. The summed E-state index contributed by atoms with van der Waals surface area (Å²) in [6, 6.07) is 30.3. The maximum atomic E-state index is 2.70. The monoisotopic (exact) mass is 706 g/mol. The topological polar surface area (TPSA) is 0 Å². The van der Waals surface area contributed by atoms with Crippen molar-refractivity contribution >= 4 is 20.2 Å². The summed E-state index contributed by atoms with van der Waals surface area (Å²) in [7, 11) is -1.99. The number of unbranched alkanes of at least 4 members (excludes halogenated alkanes) is 1. The van der Waals surface area contributed by atoms with Gasteiger partial charge in [0.15, 0.2) is 0 Å². The van der Waals surface area contributed by atoms with E-state index in [1.165, 1.54) is 85.6 Å². The molecule has 0 radical (unpaired) electrons. The average molecular weight is 707 g/mol. The minimum Gasteiger partial charge on any atom is -0.0712 e. The summed E-state index contributed by atoms with van der Waals surface area (Å²) >= 11 is 0. The molecule has 0 heterocycles. The first-order valence-electron chi connectivity index (χ1n) is 20.1. The first-order valence-corrected chi connectivity index (χ1v) is 22.8. The van der Waals surface area contributed by atoms with E-state index in [1.54, 1.807) is 10.4 Å². The molecule has 52 heavy (non-hydrogen) atoms. The lowest BCUT2D eigenvalue weighted by Gasteiger charge is -2.31. The molecule has 1 heteroatoms. The van der Waals surface area contributed by atoms with E-state index < -0.39 is 8.07 Å². The maximum Gasteiger partial charge on any atom is 0.106 e. The maximum absolute atomic E-state index is 2.70. The molecule has 2 aliphatic carbocycles. The third kappa shape index (κ3) is 7.50. The van der Waals surface area contributed by atoms with E-state index in [0.29, 0.717) is 0 Å². The Morgan fingerprint density at radius 3 is 1.15 bits per heavy atom. The van der Waals surface area contributed by atoms with E-state index in [4.69, 9.17) is 0 Å². The molecule has 0 spiro atoms. The van der Waals surface area contributed by atoms with Gasteiger partial charge in [-0.25, -0.2) is 0 Å². The molecule has 0 aliphatic heterocycles. The number of benzene rings is 4. The molecule has 4 aromatic rings. The van der Waals surface area contributed by atoms with E-state index >= 15 is 0 Å². The normalized spacial score (nSPS) is 15.0. The minimum absolute atomic E-state index is 0.0891. The molecule has 2 aliphatic rings. The van der Waals surface area contributed by atoms with Crippen LogP contribution in [0.1, 0.15) is 147 Å². The summed E-state index contributed by atoms with van der Waals surface area (Å²) < 4.78 is 0. The average Bonchev–Trinajstić information content (AvgIpc) is 3.71. The number of hydrogen-bond donors (Lipinski definition) is 0. The van der Waals surface area contributed by atoms with Gasteiger partial charge in [0.25, 0.3) is 0 Å². The van der Waals surface area contributed by atoms with Crippen molar-refractivity contribution in [3.63, 3.8) is 0 Å². The van der Waals surface area contributed by atoms with Gasteiger partial charge in [-0.3, -0.25) is 0 Å². The van der Waals surface area contributed by atoms with Crippen LogP contribution in [0.4, 0.5) is 0 Å². The Kier molecular flexibility index (Phi) is 9.91. The summed E-state index contributed by atoms with van der Waals surface area (Å²) in [4.78, 5) is 0. The molecule has 0 nitrogen and oxygen atoms in total. The van der Waals surface area contributed by atoms with Crippen LogP contribution in [0.15, 0.2) is 83.2 Å². The number of fused-ring (bicyclic) bond motifs is 2. The Morgan fingerprint density at radius 1 is 0.500 bits per heavy atom. The van der Waals surface area contributed by atoms with Crippen LogP contribution >= 0.6 is 0 Å². The predicted octanol–water partition coefficient (Wildman–Crippen LogP) is 14.7. The SMILES string of the molecule is CCCC[Si](C)(C1=Cc2c(cccc2-c2cc(C(C)(C)C)cc(C(C)(C)C)c2)C1)C1=Cc2c(cccc2-c2cc(C(C)(C)C)cc(C(C)(C)C)c2)C1. The van der Waals surface area contributed by atoms with Crippen LogP contribution in [0.3, 0.4) is 0 Å². The zero-order valence-electron chi connectivity index (χ0n) is 35.1. The van der Waals surface area contributed by atoms with E-state index in [0.717, 1.165) is 12.8 Å². The van der Waals surface area contributed by atoms with Crippen LogP contribution < -0.4 is 0 Å². The van der Waals surface area contributed by atoms with E-state index in [9.17, 15) is 0 Å². The molecule has 0 unspecified atom stereocenters. The zero-order chi connectivity index (χ0) is 38.0. The molecular formula is C51H66Si. The van der Waals surface area contributed by atoms with Gasteiger partial charge < -0.3 is 0 Å². The zero-order valence-corrected chi connectivity index (χ0v) is 36.1. The molecule has 274 valence electrons. The van der Waals surface area contributed by atoms with Gasteiger partial charge in [-0.2, -0.15) is 0 Å². The van der Waals surface area contributed by atoms with Gasteiger partial charge in [-0.1, -0.05) is 211 Å². The Morgan fingerprint density at radius 2 is 0.846 bits per heavy atom. The van der Waals surface area contributed by atoms with E-state index in [-0.39, 0.29) is 21.7 Å². The summed E-state index contributed by atoms with van der Waals surface area (Å²) in [5, 5.41) is 3.44. The van der Waals surface area contributed by atoms with Crippen LogP contribution in [0.5, 0.6) is 0 Å². The van der Waals surface area contributed by atoms with Crippen molar-refractivity contribution in [1.82, 2.24) is 0 Å². The first kappa shape index (κ1) is 38.3. The molecule has 4 aromatic carbocycles. The minimum atomic E-state index is -1.99. The lowest BCUT2D eigenvalue weighted by Crippen LogP contribution is -2.36. The fraction of sp³-hybridized carbons (Fsp3) is 0.451. The van der Waals surface area contributed by atoms with E-state index in [2.05, 4.69) is 182 Å². The number of hydrogen-bond acceptors (Lipinski definition) is 0.